The van der Waals surface area contributed by atoms with Gasteiger partial charge in [-0.2, -0.15) is 11.8 Å². The monoisotopic (exact) mass is 114 g/mol. The lowest BCUT2D eigenvalue weighted by molar-refractivity contribution is 1.29. The lowest BCUT2D eigenvalue weighted by Crippen LogP contribution is -2.13. The maximum atomic E-state index is 2.35. The Morgan fingerprint density at radius 3 is 2.14 bits per heavy atom. The first-order chi connectivity index (χ1) is 3.39. The Balaban J connectivity index is 2.12. The molecule has 0 aromatic heterocycles. The highest BCUT2D eigenvalue weighted by Gasteiger charge is 2.10. The third-order valence-corrected chi connectivity index (χ3v) is 2.56. The minimum Gasteiger partial charge on any atom is -0.163 e. The molecule has 0 unspecified atom stereocenters. The van der Waals surface area contributed by atoms with E-state index in [-0.39, 0.29) is 0 Å². The highest BCUT2D eigenvalue weighted by molar-refractivity contribution is 7.99. The number of hydrogen-bond acceptors (Lipinski definition) is 1. The van der Waals surface area contributed by atoms with Crippen molar-refractivity contribution in [3.05, 3.63) is 0 Å². The molecule has 1 saturated heterocycles. The molecule has 0 aromatic rings. The maximum absolute atomic E-state index is 2.35. The summed E-state index contributed by atoms with van der Waals surface area (Å²) < 4.78 is 0. The van der Waals surface area contributed by atoms with Crippen LogP contribution in [0.2, 0.25) is 19.5 Å². The standard InChI is InChI=1S/C5H11BS/c1-6-2-4-7-5-3-6/h2-5H2,1H3. The number of rotatable bonds is 0. The van der Waals surface area contributed by atoms with E-state index < -0.39 is 0 Å². The molecule has 0 spiro atoms. The second-order valence-electron chi connectivity index (χ2n) is 2.29. The third-order valence-electron chi connectivity index (χ3n) is 1.51. The van der Waals surface area contributed by atoms with Gasteiger partial charge in [-0.25, -0.2) is 0 Å². The molecule has 0 atom stereocenters. The lowest BCUT2D eigenvalue weighted by atomic mass is 9.48. The summed E-state index contributed by atoms with van der Waals surface area (Å²) in [5, 5.41) is 0. The van der Waals surface area contributed by atoms with Crippen molar-refractivity contribution >= 4 is 18.5 Å². The Morgan fingerprint density at radius 1 is 1.29 bits per heavy atom. The molecule has 0 saturated carbocycles. The quantitative estimate of drug-likeness (QED) is 0.433. The average Bonchev–Trinajstić information content (AvgIpc) is 1.69. The molecule has 2 heteroatoms. The summed E-state index contributed by atoms with van der Waals surface area (Å²) in [5.41, 5.74) is 0. The Kier molecular flexibility index (Phi) is 2.11. The van der Waals surface area contributed by atoms with Crippen molar-refractivity contribution < 1.29 is 0 Å². The molecule has 0 aromatic carbocycles. The van der Waals surface area contributed by atoms with Crippen molar-refractivity contribution in [2.45, 2.75) is 19.5 Å². The Labute approximate surface area is 50.1 Å². The van der Waals surface area contributed by atoms with Gasteiger partial charge in [0.15, 0.2) is 0 Å². The van der Waals surface area contributed by atoms with E-state index in [2.05, 4.69) is 18.6 Å². The topological polar surface area (TPSA) is 0 Å². The van der Waals surface area contributed by atoms with Crippen LogP contribution >= 0.6 is 11.8 Å². The van der Waals surface area contributed by atoms with Gasteiger partial charge in [-0.1, -0.05) is 19.5 Å². The number of hydrogen-bond donors (Lipinski definition) is 0. The van der Waals surface area contributed by atoms with E-state index in [0.29, 0.717) is 0 Å². The van der Waals surface area contributed by atoms with E-state index in [1.807, 2.05) is 0 Å². The predicted octanol–water partition coefficient (Wildman–Crippen LogP) is 1.86. The molecule has 0 bridgehead atoms. The van der Waals surface area contributed by atoms with Gasteiger partial charge in [-0.3, -0.25) is 0 Å². The third kappa shape index (κ3) is 1.77. The van der Waals surface area contributed by atoms with Crippen molar-refractivity contribution in [3.63, 3.8) is 0 Å². The molecule has 1 aliphatic heterocycles. The fourth-order valence-corrected chi connectivity index (χ4v) is 2.16. The fraction of sp³-hybridized carbons (Fsp3) is 1.00. The molecular formula is C5H11BS. The SMILES string of the molecule is CB1CCSCC1. The van der Waals surface area contributed by atoms with Crippen LogP contribution in [0.15, 0.2) is 0 Å². The summed E-state index contributed by atoms with van der Waals surface area (Å²) in [5.74, 6) is 2.81. The second-order valence-corrected chi connectivity index (χ2v) is 3.52. The highest BCUT2D eigenvalue weighted by atomic mass is 32.2. The zero-order valence-electron chi connectivity index (χ0n) is 4.81. The van der Waals surface area contributed by atoms with Crippen LogP contribution in [0.4, 0.5) is 0 Å². The van der Waals surface area contributed by atoms with Gasteiger partial charge in [0, 0.05) is 0 Å². The molecule has 40 valence electrons. The molecule has 0 amide bonds. The summed E-state index contributed by atoms with van der Waals surface area (Å²) in [4.78, 5) is 0. The van der Waals surface area contributed by atoms with Crippen LogP contribution in [0.5, 0.6) is 0 Å². The van der Waals surface area contributed by atoms with Gasteiger partial charge in [0.05, 0.1) is 0 Å². The van der Waals surface area contributed by atoms with Gasteiger partial charge in [0.1, 0.15) is 6.71 Å². The van der Waals surface area contributed by atoms with E-state index >= 15 is 0 Å². The Hall–Kier alpha value is 0.415. The van der Waals surface area contributed by atoms with Gasteiger partial charge in [0.25, 0.3) is 0 Å². The maximum Gasteiger partial charge on any atom is 0.138 e. The summed E-state index contributed by atoms with van der Waals surface area (Å²) in [6, 6.07) is 0. The van der Waals surface area contributed by atoms with E-state index in [4.69, 9.17) is 0 Å². The molecule has 7 heavy (non-hydrogen) atoms. The smallest absolute Gasteiger partial charge is 0.138 e. The van der Waals surface area contributed by atoms with Gasteiger partial charge in [-0.15, -0.1) is 0 Å². The van der Waals surface area contributed by atoms with E-state index in [0.717, 1.165) is 6.71 Å². The van der Waals surface area contributed by atoms with Crippen molar-refractivity contribution in [3.8, 4) is 0 Å². The highest BCUT2D eigenvalue weighted by Crippen LogP contribution is 2.16. The molecule has 1 heterocycles. The van der Waals surface area contributed by atoms with E-state index in [1.54, 1.807) is 0 Å². The van der Waals surface area contributed by atoms with Crippen molar-refractivity contribution in [2.24, 2.45) is 0 Å². The molecular weight excluding hydrogens is 103 g/mol. The van der Waals surface area contributed by atoms with Crippen molar-refractivity contribution in [1.82, 2.24) is 0 Å². The zero-order valence-corrected chi connectivity index (χ0v) is 5.63. The molecule has 1 rings (SSSR count). The molecule has 1 fully saturated rings. The number of thioether (sulfide) groups is 1. The summed E-state index contributed by atoms with van der Waals surface area (Å²) in [7, 11) is 0. The molecule has 1 aliphatic rings. The lowest BCUT2D eigenvalue weighted by Gasteiger charge is -2.12. The zero-order chi connectivity index (χ0) is 5.11. The fourth-order valence-electron chi connectivity index (χ4n) is 0.815. The van der Waals surface area contributed by atoms with Crippen LogP contribution in [0.25, 0.3) is 0 Å². The van der Waals surface area contributed by atoms with Gasteiger partial charge in [0.2, 0.25) is 0 Å². The normalized spacial score (nSPS) is 22.7. The largest absolute Gasteiger partial charge is 0.163 e. The van der Waals surface area contributed by atoms with Gasteiger partial charge < -0.3 is 0 Å². The predicted molar refractivity (Wildman–Crippen MR) is 38.6 cm³/mol. The first kappa shape index (κ1) is 5.55. The van der Waals surface area contributed by atoms with Crippen LogP contribution < -0.4 is 0 Å². The van der Waals surface area contributed by atoms with Gasteiger partial charge >= 0.3 is 0 Å². The van der Waals surface area contributed by atoms with E-state index in [1.165, 1.54) is 24.1 Å². The first-order valence-electron chi connectivity index (χ1n) is 2.97. The minimum absolute atomic E-state index is 1.02. The Bertz CT molecular complexity index is 50.0. The summed E-state index contributed by atoms with van der Waals surface area (Å²) >= 11 is 2.10. The van der Waals surface area contributed by atoms with Crippen LogP contribution in [0.3, 0.4) is 0 Å². The van der Waals surface area contributed by atoms with Gasteiger partial charge in [-0.05, 0) is 11.5 Å². The minimum atomic E-state index is 1.02. The summed E-state index contributed by atoms with van der Waals surface area (Å²) in [6.07, 6.45) is 2.90. The molecule has 0 N–H and O–H groups in total. The average molecular weight is 114 g/mol. The Morgan fingerprint density at radius 2 is 1.86 bits per heavy atom. The summed E-state index contributed by atoms with van der Waals surface area (Å²) in [6.45, 7) is 3.36. The molecule has 0 nitrogen and oxygen atoms in total. The molecule has 0 aliphatic carbocycles. The second kappa shape index (κ2) is 2.66. The first-order valence-corrected chi connectivity index (χ1v) is 4.13. The van der Waals surface area contributed by atoms with E-state index in [9.17, 15) is 0 Å². The van der Waals surface area contributed by atoms with Crippen molar-refractivity contribution in [2.75, 3.05) is 11.5 Å². The van der Waals surface area contributed by atoms with Crippen LogP contribution in [-0.2, 0) is 0 Å². The molecule has 0 radical (unpaired) electrons. The van der Waals surface area contributed by atoms with Crippen LogP contribution in [0.1, 0.15) is 0 Å². The van der Waals surface area contributed by atoms with Crippen molar-refractivity contribution in [1.29, 1.82) is 0 Å². The van der Waals surface area contributed by atoms with Crippen LogP contribution in [0, 0.1) is 0 Å². The van der Waals surface area contributed by atoms with Crippen LogP contribution in [-0.4, -0.2) is 18.2 Å².